The van der Waals surface area contributed by atoms with Crippen LogP contribution in [0.3, 0.4) is 0 Å². The van der Waals surface area contributed by atoms with Crippen molar-refractivity contribution in [2.45, 2.75) is 0 Å². The van der Waals surface area contributed by atoms with E-state index >= 15 is 0 Å². The van der Waals surface area contributed by atoms with Crippen molar-refractivity contribution >= 4 is 70.3 Å². The number of pyridine rings is 1. The van der Waals surface area contributed by atoms with Crippen molar-refractivity contribution in [3.05, 3.63) is 102 Å². The molecule has 2 heterocycles. The Hall–Kier alpha value is -3.69. The van der Waals surface area contributed by atoms with Crippen molar-refractivity contribution in [1.29, 1.82) is 0 Å². The molecule has 0 aliphatic carbocycles. The van der Waals surface area contributed by atoms with Crippen LogP contribution < -0.4 is 0 Å². The molecule has 0 saturated carbocycles. The third-order valence-electron chi connectivity index (χ3n) is 6.33. The molecule has 150 valence electrons. The van der Waals surface area contributed by atoms with Crippen molar-refractivity contribution in [3.63, 3.8) is 0 Å². The van der Waals surface area contributed by atoms with Gasteiger partial charge in [-0.25, -0.2) is 4.98 Å². The van der Waals surface area contributed by atoms with Crippen LogP contribution in [0.2, 0.25) is 0 Å². The lowest BCUT2D eigenvalue weighted by Gasteiger charge is -2.13. The second-order valence-corrected chi connectivity index (χ2v) is 8.94. The van der Waals surface area contributed by atoms with Crippen molar-refractivity contribution in [3.8, 4) is 11.3 Å². The molecule has 7 aromatic rings. The van der Waals surface area contributed by atoms with Crippen molar-refractivity contribution in [2.24, 2.45) is 0 Å². The van der Waals surface area contributed by atoms with Gasteiger partial charge in [-0.05, 0) is 35.0 Å². The molecule has 0 saturated heterocycles. The molecular formula is C29H16BrNO. The van der Waals surface area contributed by atoms with Gasteiger partial charge >= 0.3 is 0 Å². The Morgan fingerprint density at radius 2 is 1.25 bits per heavy atom. The summed E-state index contributed by atoms with van der Waals surface area (Å²) in [5.74, 6) is 0. The molecule has 0 aliphatic rings. The molecule has 32 heavy (non-hydrogen) atoms. The van der Waals surface area contributed by atoms with Gasteiger partial charge in [-0.15, -0.1) is 0 Å². The number of fused-ring (bicyclic) bond motifs is 8. The van der Waals surface area contributed by atoms with Crippen molar-refractivity contribution in [2.75, 3.05) is 0 Å². The fourth-order valence-electron chi connectivity index (χ4n) is 4.89. The Balaban J connectivity index is 1.72. The smallest absolute Gasteiger partial charge is 0.144 e. The average Bonchev–Trinajstić information content (AvgIpc) is 3.23. The van der Waals surface area contributed by atoms with Crippen molar-refractivity contribution in [1.82, 2.24) is 4.98 Å². The van der Waals surface area contributed by atoms with E-state index < -0.39 is 0 Å². The molecule has 0 atom stereocenters. The highest BCUT2D eigenvalue weighted by molar-refractivity contribution is 9.10. The van der Waals surface area contributed by atoms with Crippen LogP contribution in [0.5, 0.6) is 0 Å². The van der Waals surface area contributed by atoms with E-state index in [1.54, 1.807) is 0 Å². The number of aromatic nitrogens is 1. The molecule has 0 unspecified atom stereocenters. The fraction of sp³-hybridized carbons (Fsp3) is 0. The molecule has 2 aromatic heterocycles. The van der Waals surface area contributed by atoms with Crippen LogP contribution in [0.1, 0.15) is 0 Å². The summed E-state index contributed by atoms with van der Waals surface area (Å²) in [7, 11) is 0. The fourth-order valence-corrected chi connectivity index (χ4v) is 5.37. The maximum atomic E-state index is 6.44. The highest BCUT2D eigenvalue weighted by Crippen LogP contribution is 2.42. The average molecular weight is 474 g/mol. The van der Waals surface area contributed by atoms with Gasteiger partial charge in [0, 0.05) is 37.0 Å². The predicted octanol–water partition coefficient (Wildman–Crippen LogP) is 8.87. The molecule has 2 nitrogen and oxygen atoms in total. The lowest BCUT2D eigenvalue weighted by molar-refractivity contribution is 0.673. The number of furan rings is 1. The van der Waals surface area contributed by atoms with Gasteiger partial charge in [0.2, 0.25) is 0 Å². The van der Waals surface area contributed by atoms with Crippen LogP contribution in [-0.4, -0.2) is 4.98 Å². The zero-order valence-electron chi connectivity index (χ0n) is 17.0. The maximum Gasteiger partial charge on any atom is 0.144 e. The van der Waals surface area contributed by atoms with Gasteiger partial charge in [0.25, 0.3) is 0 Å². The van der Waals surface area contributed by atoms with Gasteiger partial charge in [-0.3, -0.25) is 0 Å². The SMILES string of the molecule is Brc1ccc(-c2nc3ccccc3c3c2ccc2c4ccccc4oc23)c2ccccc12. The number of benzene rings is 5. The Bertz CT molecular complexity index is 1850. The highest BCUT2D eigenvalue weighted by atomic mass is 79.9. The van der Waals surface area contributed by atoms with Gasteiger partial charge in [0.15, 0.2) is 0 Å². The van der Waals surface area contributed by atoms with E-state index in [0.717, 1.165) is 59.3 Å². The molecule has 0 N–H and O–H groups in total. The third-order valence-corrected chi connectivity index (χ3v) is 7.03. The zero-order valence-corrected chi connectivity index (χ0v) is 18.6. The van der Waals surface area contributed by atoms with Gasteiger partial charge in [-0.2, -0.15) is 0 Å². The second kappa shape index (κ2) is 6.65. The Labute approximate surface area is 192 Å². The van der Waals surface area contributed by atoms with Crippen LogP contribution in [0.25, 0.3) is 65.6 Å². The minimum absolute atomic E-state index is 0.909. The number of hydrogen-bond donors (Lipinski definition) is 0. The molecular weight excluding hydrogens is 458 g/mol. The third kappa shape index (κ3) is 2.43. The Kier molecular flexibility index (Phi) is 3.73. The molecule has 0 radical (unpaired) electrons. The summed E-state index contributed by atoms with van der Waals surface area (Å²) in [6.07, 6.45) is 0. The Morgan fingerprint density at radius 3 is 2.12 bits per heavy atom. The standard InChI is InChI=1S/C29H16BrNO/c30-24-16-15-20(17-7-1-2-8-18(17)24)28-23-14-13-21-19-9-4-6-12-26(19)32-29(21)27(23)22-10-3-5-11-25(22)31-28/h1-16H. The summed E-state index contributed by atoms with van der Waals surface area (Å²) in [6.45, 7) is 0. The summed E-state index contributed by atoms with van der Waals surface area (Å²) in [5, 5.41) is 7.96. The van der Waals surface area contributed by atoms with E-state index in [1.165, 1.54) is 10.8 Å². The number of hydrogen-bond acceptors (Lipinski definition) is 2. The summed E-state index contributed by atoms with van der Waals surface area (Å²) in [5.41, 5.74) is 4.89. The molecule has 7 rings (SSSR count). The summed E-state index contributed by atoms with van der Waals surface area (Å²) in [6, 6.07) is 33.7. The molecule has 0 bridgehead atoms. The van der Waals surface area contributed by atoms with Crippen LogP contribution in [0, 0.1) is 0 Å². The lowest BCUT2D eigenvalue weighted by Crippen LogP contribution is -1.91. The minimum Gasteiger partial charge on any atom is -0.455 e. The largest absolute Gasteiger partial charge is 0.455 e. The van der Waals surface area contributed by atoms with E-state index in [2.05, 4.69) is 94.8 Å². The molecule has 3 heteroatoms. The van der Waals surface area contributed by atoms with E-state index in [0.29, 0.717) is 0 Å². The van der Waals surface area contributed by atoms with Gasteiger partial charge < -0.3 is 4.42 Å². The number of rotatable bonds is 1. The van der Waals surface area contributed by atoms with Crippen LogP contribution >= 0.6 is 15.9 Å². The summed E-state index contributed by atoms with van der Waals surface area (Å²) >= 11 is 3.71. The second-order valence-electron chi connectivity index (χ2n) is 8.08. The quantitative estimate of drug-likeness (QED) is 0.222. The lowest BCUT2D eigenvalue weighted by atomic mass is 9.95. The summed E-state index contributed by atoms with van der Waals surface area (Å²) < 4.78 is 7.52. The molecule has 0 amide bonds. The van der Waals surface area contributed by atoms with E-state index in [9.17, 15) is 0 Å². The highest BCUT2D eigenvalue weighted by Gasteiger charge is 2.18. The first-order valence-electron chi connectivity index (χ1n) is 10.6. The molecule has 0 spiro atoms. The maximum absolute atomic E-state index is 6.44. The van der Waals surface area contributed by atoms with Crippen molar-refractivity contribution < 1.29 is 4.42 Å². The monoisotopic (exact) mass is 473 g/mol. The van der Waals surface area contributed by atoms with Gasteiger partial charge in [0.05, 0.1) is 11.2 Å². The van der Waals surface area contributed by atoms with Crippen LogP contribution in [-0.2, 0) is 0 Å². The predicted molar refractivity (Wildman–Crippen MR) is 137 cm³/mol. The molecule has 5 aromatic carbocycles. The van der Waals surface area contributed by atoms with E-state index in [-0.39, 0.29) is 0 Å². The molecule has 0 fully saturated rings. The first-order valence-corrected chi connectivity index (χ1v) is 11.4. The first-order chi connectivity index (χ1) is 15.8. The van der Waals surface area contributed by atoms with Gasteiger partial charge in [0.1, 0.15) is 11.2 Å². The molecule has 0 aliphatic heterocycles. The Morgan fingerprint density at radius 1 is 0.562 bits per heavy atom. The first kappa shape index (κ1) is 17.9. The minimum atomic E-state index is 0.909. The zero-order chi connectivity index (χ0) is 21.2. The number of para-hydroxylation sites is 2. The van der Waals surface area contributed by atoms with Crippen LogP contribution in [0.15, 0.2) is 106 Å². The van der Waals surface area contributed by atoms with E-state index in [1.807, 2.05) is 18.2 Å². The van der Waals surface area contributed by atoms with E-state index in [4.69, 9.17) is 9.40 Å². The normalized spacial score (nSPS) is 11.9. The van der Waals surface area contributed by atoms with Crippen LogP contribution in [0.4, 0.5) is 0 Å². The topological polar surface area (TPSA) is 26.0 Å². The number of nitrogens with zero attached hydrogens (tertiary/aromatic N) is 1. The summed E-state index contributed by atoms with van der Waals surface area (Å²) in [4.78, 5) is 5.16. The van der Waals surface area contributed by atoms with Gasteiger partial charge in [-0.1, -0.05) is 88.7 Å². The number of halogens is 1.